The Morgan fingerprint density at radius 2 is 0.687 bits per heavy atom. The molecule has 8 atom stereocenters. The number of nitrogens with one attached hydrogen (secondary N) is 4. The first kappa shape index (κ1) is 95.2. The number of phenols is 1. The molecule has 17 rings (SSSR count). The molecule has 0 amide bonds. The van der Waals surface area contributed by atoms with Gasteiger partial charge in [-0.25, -0.2) is 57.1 Å². The fourth-order valence-electron chi connectivity index (χ4n) is 19.0. The van der Waals surface area contributed by atoms with Crippen LogP contribution in [0.4, 0.5) is 57.1 Å². The molecule has 1 fully saturated rings. The summed E-state index contributed by atoms with van der Waals surface area (Å²) in [5, 5.41) is 13.7. The molecule has 14 nitrogen and oxygen atoms in total. The van der Waals surface area contributed by atoms with Crippen LogP contribution in [0.2, 0.25) is 0 Å². The van der Waals surface area contributed by atoms with Gasteiger partial charge in [0.15, 0.2) is 23.1 Å². The van der Waals surface area contributed by atoms with E-state index in [2.05, 4.69) is 19.9 Å². The van der Waals surface area contributed by atoms with E-state index >= 15 is 35.1 Å². The number of alkyl halides is 5. The summed E-state index contributed by atoms with van der Waals surface area (Å²) in [6, 6.07) is 31.0. The Labute approximate surface area is 751 Å². The van der Waals surface area contributed by atoms with Crippen molar-refractivity contribution in [1.29, 1.82) is 0 Å². The summed E-state index contributed by atoms with van der Waals surface area (Å²) in [5.74, 6) is -9.33. The number of methoxy groups -OCH3 is 1. The second-order valence-electron chi connectivity index (χ2n) is 36.8. The first-order valence-corrected chi connectivity index (χ1v) is 43.6. The topological polar surface area (TPSA) is 174 Å². The lowest BCUT2D eigenvalue weighted by Gasteiger charge is -2.43. The highest BCUT2D eigenvalue weighted by Crippen LogP contribution is 2.51. The number of benzene rings is 8. The number of aromatic amines is 4. The van der Waals surface area contributed by atoms with Crippen LogP contribution in [0, 0.1) is 46.5 Å². The first-order chi connectivity index (χ1) is 61.7. The molecular weight excluding hydrogens is 1700 g/mol. The van der Waals surface area contributed by atoms with Crippen molar-refractivity contribution in [2.24, 2.45) is 0 Å². The number of fused-ring (bicyclic) bond motifs is 12. The van der Waals surface area contributed by atoms with Gasteiger partial charge in [-0.05, 0) is 281 Å². The van der Waals surface area contributed by atoms with Crippen LogP contribution in [0.5, 0.6) is 11.5 Å². The summed E-state index contributed by atoms with van der Waals surface area (Å²) >= 11 is 0. The number of carbonyl (C=O) groups is 4. The largest absolute Gasteiger partial charge is 0.508 e. The molecule has 0 bridgehead atoms. The summed E-state index contributed by atoms with van der Waals surface area (Å²) in [5.41, 5.74) is 5.21. The van der Waals surface area contributed by atoms with Crippen LogP contribution in [0.1, 0.15) is 217 Å². The van der Waals surface area contributed by atoms with Gasteiger partial charge in [0, 0.05) is 145 Å². The van der Waals surface area contributed by atoms with Gasteiger partial charge in [-0.2, -0.15) is 0 Å². The molecule has 0 spiro atoms. The van der Waals surface area contributed by atoms with Crippen molar-refractivity contribution in [2.45, 2.75) is 200 Å². The molecule has 0 radical (unpaired) electrons. The van der Waals surface area contributed by atoms with Gasteiger partial charge in [0.1, 0.15) is 75.0 Å². The van der Waals surface area contributed by atoms with E-state index in [0.29, 0.717) is 61.4 Å². The highest BCUT2D eigenvalue weighted by atomic mass is 19.3. The molecule has 27 heteroatoms. The minimum absolute atomic E-state index is 0.00182. The molecule has 1 saturated carbocycles. The van der Waals surface area contributed by atoms with E-state index in [9.17, 15) is 46.2 Å². The molecule has 12 aromatic rings. The predicted molar refractivity (Wildman–Crippen MR) is 487 cm³/mol. The van der Waals surface area contributed by atoms with E-state index in [-0.39, 0.29) is 117 Å². The van der Waals surface area contributed by atoms with Crippen molar-refractivity contribution in [2.75, 3.05) is 33.3 Å². The molecule has 0 saturated heterocycles. The Bertz CT molecular complexity index is 6260. The lowest BCUT2D eigenvalue weighted by molar-refractivity contribution is -0.113. The van der Waals surface area contributed by atoms with E-state index in [1.807, 2.05) is 97.3 Å². The number of ketones is 4. The quantitative estimate of drug-likeness (QED) is 0.0344. The van der Waals surface area contributed by atoms with E-state index in [1.54, 1.807) is 37.1 Å². The fourth-order valence-corrected chi connectivity index (χ4v) is 19.0. The number of hydrogen-bond acceptors (Lipinski definition) is 10. The Kier molecular flexibility index (Phi) is 27.4. The van der Waals surface area contributed by atoms with E-state index in [4.69, 9.17) is 4.74 Å². The number of carbonyl (C=O) groups excluding carboxylic acids is 4. The Hall–Kier alpha value is -11.9. The van der Waals surface area contributed by atoms with Crippen molar-refractivity contribution in [3.8, 4) is 11.5 Å². The second-order valence-corrected chi connectivity index (χ2v) is 36.8. The third-order valence-electron chi connectivity index (χ3n) is 24.8. The van der Waals surface area contributed by atoms with E-state index in [0.717, 1.165) is 90.6 Å². The number of rotatable bonds is 21. The molecule has 5 N–H and O–H groups in total. The van der Waals surface area contributed by atoms with E-state index < -0.39 is 100 Å². The Morgan fingerprint density at radius 3 is 1.00 bits per heavy atom. The van der Waals surface area contributed by atoms with Crippen LogP contribution >= 0.6 is 0 Å². The number of aromatic nitrogens is 4. The smallest absolute Gasteiger partial charge is 0.257 e. The number of allylic oxidation sites excluding steroid dienone is 4. The van der Waals surface area contributed by atoms with Crippen LogP contribution in [-0.4, -0.2) is 148 Å². The molecule has 5 aliphatic rings. The molecule has 131 heavy (non-hydrogen) atoms. The van der Waals surface area contributed by atoms with Crippen molar-refractivity contribution in [1.82, 2.24) is 39.5 Å². The molecule has 4 aromatic heterocycles. The number of phenolic OH excluding ortho intramolecular Hbond substituents is 1. The molecule has 4 aliphatic heterocycles. The summed E-state index contributed by atoms with van der Waals surface area (Å²) < 4.78 is 201. The molecule has 688 valence electrons. The van der Waals surface area contributed by atoms with Gasteiger partial charge in [0.25, 0.3) is 5.92 Å². The number of para-hydroxylation sites is 2. The zero-order valence-corrected chi connectivity index (χ0v) is 75.2. The monoisotopic (exact) mass is 1810 g/mol. The number of aromatic hydroxyl groups is 1. The van der Waals surface area contributed by atoms with Crippen molar-refractivity contribution < 1.29 is 86.1 Å². The van der Waals surface area contributed by atoms with Gasteiger partial charge < -0.3 is 29.8 Å². The lowest BCUT2D eigenvalue weighted by atomic mass is 9.87. The third kappa shape index (κ3) is 21.0. The average molecular weight is 1810 g/mol. The number of H-pyrrole nitrogens is 4. The van der Waals surface area contributed by atoms with Crippen LogP contribution in [-0.2, 0) is 44.9 Å². The molecule has 4 unspecified atom stereocenters. The Morgan fingerprint density at radius 1 is 0.397 bits per heavy atom. The average Bonchev–Trinajstić information content (AvgIpc) is 1.62. The number of halogens is 13. The second kappa shape index (κ2) is 37.8. The summed E-state index contributed by atoms with van der Waals surface area (Å²) in [6.07, 6.45) is 13.7. The minimum atomic E-state index is -3.05. The molecular formula is C104H105F13N8O6. The van der Waals surface area contributed by atoms with Crippen molar-refractivity contribution in [3.63, 3.8) is 0 Å². The summed E-state index contributed by atoms with van der Waals surface area (Å²) in [6.45, 7) is 19.2. The zero-order chi connectivity index (χ0) is 94.7. The lowest BCUT2D eigenvalue weighted by Crippen LogP contribution is -2.48. The van der Waals surface area contributed by atoms with E-state index in [1.165, 1.54) is 145 Å². The summed E-state index contributed by atoms with van der Waals surface area (Å²) in [7, 11) is 1.58. The van der Waals surface area contributed by atoms with Crippen LogP contribution in [0.15, 0.2) is 158 Å². The first-order valence-electron chi connectivity index (χ1n) is 43.6. The maximum absolute atomic E-state index is 15.5. The van der Waals surface area contributed by atoms with Gasteiger partial charge in [-0.3, -0.25) is 38.8 Å². The van der Waals surface area contributed by atoms with Gasteiger partial charge in [-0.15, -0.1) is 0 Å². The zero-order valence-electron chi connectivity index (χ0n) is 75.2. The van der Waals surface area contributed by atoms with Crippen LogP contribution in [0.25, 0.3) is 67.9 Å². The van der Waals surface area contributed by atoms with Crippen molar-refractivity contribution in [3.05, 3.63) is 294 Å². The van der Waals surface area contributed by atoms with Crippen LogP contribution < -0.4 is 4.74 Å². The molecule has 1 aliphatic carbocycles. The number of ether oxygens (including phenoxy) is 1. The summed E-state index contributed by atoms with van der Waals surface area (Å²) in [4.78, 5) is 65.1. The number of hydrogen-bond donors (Lipinski definition) is 5. The fraction of sp³-hybridized carbons (Fsp3) is 0.346. The normalized spacial score (nSPS) is 20.1. The third-order valence-corrected chi connectivity index (χ3v) is 24.8. The molecule has 8 aromatic carbocycles. The maximum Gasteiger partial charge on any atom is 0.257 e. The van der Waals surface area contributed by atoms with Crippen molar-refractivity contribution >= 4 is 91.0 Å². The van der Waals surface area contributed by atoms with Gasteiger partial charge >= 0.3 is 0 Å². The standard InChI is InChI=1S/C27H29F3N2O2.C26H27F3N2O2.C26H25F3N2O.C25H24F4N2O/c1-15-10-20-19-9-8-18(34-5)13-23(19)31-25(20)26(32(15)14-27(3,4)30)24-21(28)11-17(12-22(24)29)7-6-16(2)33;1-14-9-19-18-12-17(33)7-8-22(18)30-24(19)25(31(14)13-26(3,4)29)23-20(27)10-16(11-21(23)28)6-5-15(2)32;1-15-11-19-18-5-3-4-6-22(18)30-24(19)25(31(15)14-26(29)9-10-26)23-20(27)12-17(13-21(23)28)8-7-16(2)32;1-14-10-18-17-6-4-5-7-21(17)30-23(18)24(31(14)13-25(3,28)29)22-19(26)11-16(12-20(22)27)9-8-15(2)32/h6-9,11-13,15,26,31H,10,14H2,1-5H3;5-8,10-12,14,25,30,33H,9,13H2,1-4H3;3-8,12-13,15,25,30H,9-11,14H2,1-2H3;4-9,11-12,14,24,30H,10,13H2,1-3H3/b7-6+;6-5+;8-7+;9-8+/t15?,26-;;15-,25-;14-,24?/m1.11/s1. The van der Waals surface area contributed by atoms with Gasteiger partial charge in [0.05, 0.1) is 37.8 Å². The number of nitrogens with zero attached hydrogens (tertiary/aromatic N) is 4. The highest BCUT2D eigenvalue weighted by Gasteiger charge is 2.51. The Balaban J connectivity index is 0.000000141. The SMILES string of the molecule is CC(=O)/C=C/c1cc(F)c(C2c3[nH]c4ccc(O)cc4c3CC(C)N2CC(C)(C)F)c(F)c1.CC(=O)/C=C/c1cc(F)c(C2c3[nH]c4ccccc4c3C[C@@H](C)N2CC(C)(F)F)c(F)c1.CC(=O)/C=C/c1cc(F)c([C@@H]2c3[nH]c4ccccc4c3C[C@@H](C)N2CC2(F)CC2)c(F)c1.COc1ccc2c3c([nH]c2c1)[C@@H](c1c(F)cc(/C=C/C(C)=O)cc1F)N(CC(C)(C)F)C(C)C3. The minimum Gasteiger partial charge on any atom is -0.508 e. The molecule has 8 heterocycles. The predicted octanol–water partition coefficient (Wildman–Crippen LogP) is 23.9. The van der Waals surface area contributed by atoms with Gasteiger partial charge in [-0.1, -0.05) is 60.7 Å². The maximum atomic E-state index is 15.5. The van der Waals surface area contributed by atoms with Crippen LogP contribution in [0.3, 0.4) is 0 Å². The van der Waals surface area contributed by atoms with Gasteiger partial charge in [0.2, 0.25) is 0 Å². The highest BCUT2D eigenvalue weighted by molar-refractivity contribution is 5.94.